The first-order chi connectivity index (χ1) is 17.9. The van der Waals surface area contributed by atoms with Crippen LogP contribution in [0.15, 0.2) is 53.1 Å². The summed E-state index contributed by atoms with van der Waals surface area (Å²) in [4.78, 5) is 0. The van der Waals surface area contributed by atoms with Crippen molar-refractivity contribution in [1.82, 2.24) is 25.8 Å². The van der Waals surface area contributed by atoms with Gasteiger partial charge in [-0.25, -0.2) is 9.82 Å². The molecule has 2 aromatic heterocycles. The van der Waals surface area contributed by atoms with Crippen molar-refractivity contribution >= 4 is 15.9 Å². The Balaban J connectivity index is 1.64. The number of unbranched alkanes of at least 4 members (excludes halogenated alkanes) is 1. The standard InChI is InChI=1S/C23H21F5N6O3S/c1-2-3-8-19-18(21(37-31-19)32-38(35,36)23(27,28)22(24,25)26)13-14-9-11-15(12-10-14)16-6-4-5-7-17(16)20-29-33-34-30-20/h4-7,9-12,32H,2-3,8,13H2,1H3,(H,29,30,33,34). The van der Waals surface area contributed by atoms with Crippen molar-refractivity contribution < 1.29 is 34.9 Å². The smallest absolute Gasteiger partial charge is 0.337 e. The molecule has 0 bridgehead atoms. The highest BCUT2D eigenvalue weighted by atomic mass is 32.2. The van der Waals surface area contributed by atoms with E-state index < -0.39 is 27.3 Å². The summed E-state index contributed by atoms with van der Waals surface area (Å²) in [5.74, 6) is -0.324. The summed E-state index contributed by atoms with van der Waals surface area (Å²) in [7, 11) is -6.22. The predicted molar refractivity (Wildman–Crippen MR) is 127 cm³/mol. The number of halogens is 5. The van der Waals surface area contributed by atoms with Crippen molar-refractivity contribution in [3.8, 4) is 22.5 Å². The van der Waals surface area contributed by atoms with Gasteiger partial charge in [-0.15, -0.1) is 5.10 Å². The predicted octanol–water partition coefficient (Wildman–Crippen LogP) is 5.35. The zero-order chi connectivity index (χ0) is 27.6. The van der Waals surface area contributed by atoms with Crippen molar-refractivity contribution in [3.63, 3.8) is 0 Å². The Morgan fingerprint density at radius 3 is 2.29 bits per heavy atom. The first-order valence-corrected chi connectivity index (χ1v) is 12.8. The number of tetrazole rings is 1. The molecule has 0 aliphatic heterocycles. The molecule has 0 amide bonds. The number of hydrogen-bond donors (Lipinski definition) is 2. The lowest BCUT2D eigenvalue weighted by Gasteiger charge is -2.19. The molecule has 2 N–H and O–H groups in total. The van der Waals surface area contributed by atoms with Crippen molar-refractivity contribution in [2.75, 3.05) is 4.72 Å². The number of alkyl halides is 5. The average molecular weight is 557 g/mol. The van der Waals surface area contributed by atoms with Crippen molar-refractivity contribution in [2.45, 2.75) is 44.0 Å². The van der Waals surface area contributed by atoms with Crippen LogP contribution in [-0.2, 0) is 22.9 Å². The fourth-order valence-corrected chi connectivity index (χ4v) is 4.54. The monoisotopic (exact) mass is 556 g/mol. The fourth-order valence-electron chi connectivity index (χ4n) is 3.70. The van der Waals surface area contributed by atoms with Gasteiger partial charge >= 0.3 is 21.5 Å². The molecule has 2 heterocycles. The van der Waals surface area contributed by atoms with Crippen molar-refractivity contribution in [3.05, 3.63) is 65.4 Å². The maximum Gasteiger partial charge on any atom is 0.471 e. The number of hydrogen-bond acceptors (Lipinski definition) is 7. The Bertz CT molecular complexity index is 1490. The molecular weight excluding hydrogens is 535 g/mol. The van der Waals surface area contributed by atoms with Gasteiger partial charge in [0.15, 0.2) is 5.82 Å². The van der Waals surface area contributed by atoms with Crippen LogP contribution >= 0.6 is 0 Å². The van der Waals surface area contributed by atoms with Crippen LogP contribution < -0.4 is 4.72 Å². The Hall–Kier alpha value is -3.88. The summed E-state index contributed by atoms with van der Waals surface area (Å²) in [5.41, 5.74) is 3.29. The zero-order valence-electron chi connectivity index (χ0n) is 19.8. The summed E-state index contributed by atoms with van der Waals surface area (Å²) < 4.78 is 95.5. The van der Waals surface area contributed by atoms with Crippen LogP contribution in [-0.4, -0.2) is 45.6 Å². The highest BCUT2D eigenvalue weighted by Gasteiger charge is 2.68. The number of aromatic amines is 1. The summed E-state index contributed by atoms with van der Waals surface area (Å²) in [5, 5.41) is 11.5. The van der Waals surface area contributed by atoms with E-state index >= 15 is 0 Å². The molecule has 0 radical (unpaired) electrons. The number of nitrogens with zero attached hydrogens (tertiary/aromatic N) is 4. The van der Waals surface area contributed by atoms with E-state index in [4.69, 9.17) is 4.52 Å². The largest absolute Gasteiger partial charge is 0.471 e. The molecule has 4 aromatic rings. The van der Waals surface area contributed by atoms with Crippen LogP contribution in [0.1, 0.15) is 36.6 Å². The molecule has 0 saturated heterocycles. The van der Waals surface area contributed by atoms with Crippen LogP contribution in [0.2, 0.25) is 0 Å². The van der Waals surface area contributed by atoms with Gasteiger partial charge in [0, 0.05) is 17.5 Å². The second-order valence-corrected chi connectivity index (χ2v) is 10.1. The minimum Gasteiger partial charge on any atom is -0.337 e. The van der Waals surface area contributed by atoms with E-state index in [1.165, 1.54) is 4.72 Å². The highest BCUT2D eigenvalue weighted by molar-refractivity contribution is 7.93. The van der Waals surface area contributed by atoms with Crippen molar-refractivity contribution in [2.24, 2.45) is 0 Å². The Kier molecular flexibility index (Phi) is 7.49. The number of rotatable bonds is 10. The Morgan fingerprint density at radius 2 is 1.68 bits per heavy atom. The zero-order valence-corrected chi connectivity index (χ0v) is 20.6. The number of benzene rings is 2. The minimum atomic E-state index is -6.32. The number of sulfonamides is 1. The lowest BCUT2D eigenvalue weighted by molar-refractivity contribution is -0.241. The maximum absolute atomic E-state index is 13.7. The average Bonchev–Trinajstić information content (AvgIpc) is 3.53. The fraction of sp³-hybridized carbons (Fsp3) is 0.304. The van der Waals surface area contributed by atoms with Crippen LogP contribution in [0.3, 0.4) is 0 Å². The van der Waals surface area contributed by atoms with E-state index in [-0.39, 0.29) is 17.7 Å². The third-order valence-corrected chi connectivity index (χ3v) is 7.07. The van der Waals surface area contributed by atoms with Crippen molar-refractivity contribution in [1.29, 1.82) is 0 Å². The van der Waals surface area contributed by atoms with E-state index in [1.54, 1.807) is 24.3 Å². The number of aryl methyl sites for hydroxylation is 1. The minimum absolute atomic E-state index is 0.0358. The van der Waals surface area contributed by atoms with Gasteiger partial charge in [-0.1, -0.05) is 67.0 Å². The molecule has 0 aliphatic carbocycles. The Labute approximate surface area is 213 Å². The first-order valence-electron chi connectivity index (χ1n) is 11.3. The summed E-state index contributed by atoms with van der Waals surface area (Å²) in [6.07, 6.45) is -4.71. The quantitative estimate of drug-likeness (QED) is 0.252. The van der Waals surface area contributed by atoms with Crippen LogP contribution in [0.25, 0.3) is 22.5 Å². The van der Waals surface area contributed by atoms with E-state index in [0.717, 1.165) is 23.1 Å². The van der Waals surface area contributed by atoms with E-state index in [9.17, 15) is 30.4 Å². The molecule has 9 nitrogen and oxygen atoms in total. The number of nitrogens with one attached hydrogen (secondary N) is 2. The van der Waals surface area contributed by atoms with E-state index in [0.29, 0.717) is 24.2 Å². The number of aromatic nitrogens is 5. The summed E-state index contributed by atoms with van der Waals surface area (Å²) >= 11 is 0. The SMILES string of the molecule is CCCCc1noc(NS(=O)(=O)C(F)(F)C(F)(F)F)c1Cc1ccc(-c2ccccc2-c2nnn[nH]2)cc1. The summed E-state index contributed by atoms with van der Waals surface area (Å²) in [6, 6.07) is 14.3. The third-order valence-electron chi connectivity index (χ3n) is 5.70. The van der Waals surface area contributed by atoms with E-state index in [2.05, 4.69) is 25.8 Å². The number of H-pyrrole nitrogens is 1. The lowest BCUT2D eigenvalue weighted by Crippen LogP contribution is -2.46. The second kappa shape index (κ2) is 10.5. The molecule has 0 saturated carbocycles. The van der Waals surface area contributed by atoms with Gasteiger partial charge in [-0.05, 0) is 40.0 Å². The maximum atomic E-state index is 13.7. The van der Waals surface area contributed by atoms with Gasteiger partial charge in [0.05, 0.1) is 5.69 Å². The molecule has 2 aromatic carbocycles. The molecule has 15 heteroatoms. The molecule has 38 heavy (non-hydrogen) atoms. The third kappa shape index (κ3) is 5.37. The molecule has 0 unspecified atom stereocenters. The molecular formula is C23H21F5N6O3S. The van der Waals surface area contributed by atoms with Gasteiger partial charge in [-0.2, -0.15) is 30.4 Å². The van der Waals surface area contributed by atoms with Gasteiger partial charge in [-0.3, -0.25) is 0 Å². The van der Waals surface area contributed by atoms with Gasteiger partial charge < -0.3 is 4.52 Å². The first kappa shape index (κ1) is 27.2. The van der Waals surface area contributed by atoms with Gasteiger partial charge in [0.25, 0.3) is 0 Å². The van der Waals surface area contributed by atoms with Crippen LogP contribution in [0, 0.1) is 0 Å². The topological polar surface area (TPSA) is 127 Å². The van der Waals surface area contributed by atoms with Crippen LogP contribution in [0.5, 0.6) is 0 Å². The van der Waals surface area contributed by atoms with Crippen LogP contribution in [0.4, 0.5) is 27.8 Å². The molecule has 0 fully saturated rings. The molecule has 202 valence electrons. The molecule has 0 atom stereocenters. The van der Waals surface area contributed by atoms with E-state index in [1.807, 2.05) is 31.2 Å². The normalized spacial score (nSPS) is 12.6. The molecule has 0 aliphatic rings. The molecule has 4 rings (SSSR count). The lowest BCUT2D eigenvalue weighted by atomic mass is 9.96. The Morgan fingerprint density at radius 1 is 1.00 bits per heavy atom. The second-order valence-electron chi connectivity index (χ2n) is 8.33. The van der Waals surface area contributed by atoms with Gasteiger partial charge in [0.2, 0.25) is 5.88 Å². The van der Waals surface area contributed by atoms with Gasteiger partial charge in [0.1, 0.15) is 0 Å². The highest BCUT2D eigenvalue weighted by Crippen LogP contribution is 2.41. The molecule has 0 spiro atoms. The number of anilines is 1. The summed E-state index contributed by atoms with van der Waals surface area (Å²) in [6.45, 7) is 1.89.